The van der Waals surface area contributed by atoms with E-state index in [9.17, 15) is 20.1 Å². The van der Waals surface area contributed by atoms with Crippen LogP contribution in [0, 0.1) is 0 Å². The maximum atomic E-state index is 12.4. The SMILES string of the molecule is COc1cc(C(=O)OC2OC(CO)C(O)C(O)C2O)cc(OC)c1OC. The van der Waals surface area contributed by atoms with Gasteiger partial charge in [-0.05, 0) is 12.1 Å². The summed E-state index contributed by atoms with van der Waals surface area (Å²) in [5.74, 6) is -0.201. The van der Waals surface area contributed by atoms with Gasteiger partial charge in [0.25, 0.3) is 0 Å². The van der Waals surface area contributed by atoms with Crippen LogP contribution in [-0.2, 0) is 9.47 Å². The molecule has 1 aliphatic rings. The summed E-state index contributed by atoms with van der Waals surface area (Å²) in [7, 11) is 4.17. The van der Waals surface area contributed by atoms with E-state index in [0.29, 0.717) is 0 Å². The molecule has 2 rings (SSSR count). The second-order valence-corrected chi connectivity index (χ2v) is 5.52. The van der Waals surface area contributed by atoms with Crippen LogP contribution in [0.2, 0.25) is 0 Å². The van der Waals surface area contributed by atoms with Gasteiger partial charge in [-0.2, -0.15) is 0 Å². The molecule has 1 heterocycles. The average molecular weight is 374 g/mol. The normalized spacial score (nSPS) is 28.3. The van der Waals surface area contributed by atoms with E-state index in [4.69, 9.17) is 28.8 Å². The number of hydrogen-bond donors (Lipinski definition) is 4. The van der Waals surface area contributed by atoms with Gasteiger partial charge in [-0.3, -0.25) is 0 Å². The molecular formula is C16H22O10. The topological polar surface area (TPSA) is 144 Å². The summed E-state index contributed by atoms with van der Waals surface area (Å²) in [5, 5.41) is 38.6. The Kier molecular flexibility index (Phi) is 6.62. The summed E-state index contributed by atoms with van der Waals surface area (Å²) in [6.45, 7) is -0.636. The molecule has 4 N–H and O–H groups in total. The van der Waals surface area contributed by atoms with E-state index in [2.05, 4.69) is 0 Å². The molecule has 1 aliphatic heterocycles. The smallest absolute Gasteiger partial charge is 0.340 e. The van der Waals surface area contributed by atoms with Crippen LogP contribution in [0.5, 0.6) is 17.2 Å². The lowest BCUT2D eigenvalue weighted by molar-refractivity contribution is -0.285. The number of esters is 1. The number of methoxy groups -OCH3 is 3. The third-order valence-electron chi connectivity index (χ3n) is 3.97. The van der Waals surface area contributed by atoms with Crippen molar-refractivity contribution < 1.29 is 48.9 Å². The minimum Gasteiger partial charge on any atom is -0.493 e. The fourth-order valence-corrected chi connectivity index (χ4v) is 2.54. The highest BCUT2D eigenvalue weighted by atomic mass is 16.7. The van der Waals surface area contributed by atoms with Gasteiger partial charge in [-0.1, -0.05) is 0 Å². The Morgan fingerprint density at radius 3 is 2.04 bits per heavy atom. The maximum absolute atomic E-state index is 12.4. The van der Waals surface area contributed by atoms with Gasteiger partial charge in [-0.15, -0.1) is 0 Å². The molecule has 1 aromatic rings. The van der Waals surface area contributed by atoms with Gasteiger partial charge >= 0.3 is 5.97 Å². The zero-order valence-corrected chi connectivity index (χ0v) is 14.5. The molecule has 1 aromatic carbocycles. The summed E-state index contributed by atoms with van der Waals surface area (Å²) in [6, 6.07) is 2.68. The fourth-order valence-electron chi connectivity index (χ4n) is 2.54. The van der Waals surface area contributed by atoms with Crippen LogP contribution in [0.15, 0.2) is 12.1 Å². The predicted octanol–water partition coefficient (Wildman–Crippen LogP) is -1.33. The van der Waals surface area contributed by atoms with Crippen LogP contribution < -0.4 is 14.2 Å². The molecule has 1 saturated heterocycles. The van der Waals surface area contributed by atoms with Crippen LogP contribution >= 0.6 is 0 Å². The fraction of sp³-hybridized carbons (Fsp3) is 0.562. The number of rotatable bonds is 6. The molecule has 0 saturated carbocycles. The summed E-state index contributed by atoms with van der Waals surface area (Å²) < 4.78 is 25.7. The molecule has 0 bridgehead atoms. The average Bonchev–Trinajstić information content (AvgIpc) is 2.66. The van der Waals surface area contributed by atoms with Crippen molar-refractivity contribution in [2.75, 3.05) is 27.9 Å². The van der Waals surface area contributed by atoms with Crippen molar-refractivity contribution in [3.05, 3.63) is 17.7 Å². The number of benzene rings is 1. The van der Waals surface area contributed by atoms with Crippen molar-refractivity contribution in [1.82, 2.24) is 0 Å². The molecule has 0 aromatic heterocycles. The van der Waals surface area contributed by atoms with Gasteiger partial charge < -0.3 is 44.1 Å². The van der Waals surface area contributed by atoms with Crippen LogP contribution in [0.4, 0.5) is 0 Å². The Balaban J connectivity index is 2.24. The first-order chi connectivity index (χ1) is 12.4. The summed E-state index contributed by atoms with van der Waals surface area (Å²) in [5.41, 5.74) is 0.0106. The molecule has 10 heteroatoms. The zero-order valence-electron chi connectivity index (χ0n) is 14.5. The van der Waals surface area contributed by atoms with Crippen molar-refractivity contribution in [2.24, 2.45) is 0 Å². The Bertz CT molecular complexity index is 606. The van der Waals surface area contributed by atoms with E-state index in [1.807, 2.05) is 0 Å². The van der Waals surface area contributed by atoms with E-state index >= 15 is 0 Å². The lowest BCUT2D eigenvalue weighted by atomic mass is 9.99. The van der Waals surface area contributed by atoms with Crippen molar-refractivity contribution in [2.45, 2.75) is 30.7 Å². The van der Waals surface area contributed by atoms with Crippen molar-refractivity contribution in [1.29, 1.82) is 0 Å². The van der Waals surface area contributed by atoms with Gasteiger partial charge in [-0.25, -0.2) is 4.79 Å². The molecule has 1 fully saturated rings. The summed E-state index contributed by atoms with van der Waals surface area (Å²) in [4.78, 5) is 12.4. The van der Waals surface area contributed by atoms with E-state index in [-0.39, 0.29) is 22.8 Å². The first-order valence-electron chi connectivity index (χ1n) is 7.69. The molecule has 5 atom stereocenters. The standard InChI is InChI=1S/C16H22O10/c1-22-8-4-7(5-9(23-2)14(8)24-3)15(21)26-16-13(20)12(19)11(18)10(6-17)25-16/h4-5,10-13,16-20H,6H2,1-3H3. The zero-order chi connectivity index (χ0) is 19.4. The summed E-state index contributed by atoms with van der Waals surface area (Å²) in [6.07, 6.45) is -7.67. The van der Waals surface area contributed by atoms with E-state index < -0.39 is 43.3 Å². The third-order valence-corrected chi connectivity index (χ3v) is 3.97. The quantitative estimate of drug-likeness (QED) is 0.442. The highest BCUT2D eigenvalue weighted by Gasteiger charge is 2.45. The third kappa shape index (κ3) is 3.84. The van der Waals surface area contributed by atoms with Crippen LogP contribution in [0.1, 0.15) is 10.4 Å². The summed E-state index contributed by atoms with van der Waals surface area (Å²) >= 11 is 0. The molecule has 26 heavy (non-hydrogen) atoms. The van der Waals surface area contributed by atoms with Gasteiger partial charge in [0.15, 0.2) is 11.5 Å². The molecule has 146 valence electrons. The Morgan fingerprint density at radius 1 is 1.00 bits per heavy atom. The highest BCUT2D eigenvalue weighted by Crippen LogP contribution is 2.38. The molecule has 0 radical (unpaired) electrons. The van der Waals surface area contributed by atoms with E-state index in [0.717, 1.165) is 0 Å². The number of ether oxygens (including phenoxy) is 5. The maximum Gasteiger partial charge on any atom is 0.340 e. The largest absolute Gasteiger partial charge is 0.493 e. The van der Waals surface area contributed by atoms with Gasteiger partial charge in [0.1, 0.15) is 24.4 Å². The Hall–Kier alpha value is -2.11. The second kappa shape index (κ2) is 8.52. The predicted molar refractivity (Wildman–Crippen MR) is 85.3 cm³/mol. The lowest BCUT2D eigenvalue weighted by Crippen LogP contribution is -2.59. The molecule has 0 spiro atoms. The minimum atomic E-state index is -1.70. The van der Waals surface area contributed by atoms with E-state index in [1.165, 1.54) is 33.5 Å². The molecule has 10 nitrogen and oxygen atoms in total. The lowest BCUT2D eigenvalue weighted by Gasteiger charge is -2.39. The number of hydrogen-bond acceptors (Lipinski definition) is 10. The monoisotopic (exact) mass is 374 g/mol. The minimum absolute atomic E-state index is 0.0106. The first kappa shape index (κ1) is 20.2. The Labute approximate surface area is 149 Å². The highest BCUT2D eigenvalue weighted by molar-refractivity contribution is 5.91. The van der Waals surface area contributed by atoms with Gasteiger partial charge in [0, 0.05) is 0 Å². The first-order valence-corrected chi connectivity index (χ1v) is 7.69. The number of carbonyl (C=O) groups is 1. The molecule has 0 amide bonds. The number of aliphatic hydroxyl groups excluding tert-OH is 4. The molecule has 0 aliphatic carbocycles. The van der Waals surface area contributed by atoms with Crippen LogP contribution in [0.3, 0.4) is 0 Å². The van der Waals surface area contributed by atoms with Crippen LogP contribution in [0.25, 0.3) is 0 Å². The number of aliphatic hydroxyl groups is 4. The van der Waals surface area contributed by atoms with Gasteiger partial charge in [0.2, 0.25) is 12.0 Å². The van der Waals surface area contributed by atoms with Crippen molar-refractivity contribution in [3.63, 3.8) is 0 Å². The van der Waals surface area contributed by atoms with Crippen molar-refractivity contribution in [3.8, 4) is 17.2 Å². The number of carbonyl (C=O) groups excluding carboxylic acids is 1. The van der Waals surface area contributed by atoms with Crippen LogP contribution in [-0.4, -0.2) is 85.0 Å². The van der Waals surface area contributed by atoms with Gasteiger partial charge in [0.05, 0.1) is 33.5 Å². The van der Waals surface area contributed by atoms with E-state index in [1.54, 1.807) is 0 Å². The van der Waals surface area contributed by atoms with Crippen molar-refractivity contribution >= 4 is 5.97 Å². The molecular weight excluding hydrogens is 352 g/mol. The molecule has 5 unspecified atom stereocenters. The Morgan fingerprint density at radius 2 is 1.58 bits per heavy atom. The second-order valence-electron chi connectivity index (χ2n) is 5.52.